The number of Topliss-reactive ketones (excluding diaryl/α,β-unsaturated/α-hetero) is 1. The average molecular weight is 510 g/mol. The normalized spacial score (nSPS) is 13.7. The van der Waals surface area contributed by atoms with Gasteiger partial charge in [0.25, 0.3) is 0 Å². The average Bonchev–Trinajstić information content (AvgIpc) is 2.84. The van der Waals surface area contributed by atoms with Crippen LogP contribution in [-0.2, 0) is 23.8 Å². The third-order valence-corrected chi connectivity index (χ3v) is 6.50. The van der Waals surface area contributed by atoms with Crippen molar-refractivity contribution in [2.45, 2.75) is 64.8 Å². The summed E-state index contributed by atoms with van der Waals surface area (Å²) in [7, 11) is 0. The molecule has 1 aromatic rings. The second kappa shape index (κ2) is 17.3. The van der Waals surface area contributed by atoms with Crippen molar-refractivity contribution in [1.29, 1.82) is 0 Å². The Morgan fingerprint density at radius 1 is 1.03 bits per heavy atom. The smallest absolute Gasteiger partial charge is 0.330 e. The zero-order chi connectivity index (χ0) is 24.1. The van der Waals surface area contributed by atoms with Crippen molar-refractivity contribution in [2.24, 2.45) is 0 Å². The van der Waals surface area contributed by atoms with Crippen LogP contribution in [0.15, 0.2) is 41.8 Å². The molecule has 7 nitrogen and oxygen atoms in total. The minimum absolute atomic E-state index is 0. The topological polar surface area (TPSA) is 82.1 Å². The van der Waals surface area contributed by atoms with Crippen molar-refractivity contribution < 1.29 is 28.6 Å². The zero-order valence-corrected chi connectivity index (χ0v) is 20.5. The van der Waals surface area contributed by atoms with E-state index in [1.165, 1.54) is 0 Å². The third-order valence-electron chi connectivity index (χ3n) is 5.53. The highest BCUT2D eigenvalue weighted by Gasteiger charge is 2.35. The maximum absolute atomic E-state index is 13.0. The fourth-order valence-corrected chi connectivity index (χ4v) is 4.22. The lowest BCUT2D eigenvalue weighted by molar-refractivity contribution is -0.143. The van der Waals surface area contributed by atoms with Gasteiger partial charge in [-0.25, -0.2) is 4.79 Å². The molecule has 1 saturated heterocycles. The van der Waals surface area contributed by atoms with E-state index in [9.17, 15) is 14.4 Å². The Labute approximate surface area is 215 Å². The van der Waals surface area contributed by atoms with E-state index < -0.39 is 11.5 Å². The molecule has 0 aromatic heterocycles. The molecule has 0 N–H and O–H groups in total. The van der Waals surface area contributed by atoms with Gasteiger partial charge in [-0.3, -0.25) is 14.5 Å². The molecule has 1 aromatic carbocycles. The first-order valence-electron chi connectivity index (χ1n) is 11.4. The molecule has 1 heterocycles. The Morgan fingerprint density at radius 2 is 1.69 bits per heavy atom. The molecule has 198 valence electrons. The number of morpholine rings is 1. The van der Waals surface area contributed by atoms with E-state index in [0.717, 1.165) is 30.5 Å². The van der Waals surface area contributed by atoms with E-state index in [-0.39, 0.29) is 26.6 Å². The number of hydrogen-bond donors (Lipinski definition) is 0. The van der Waals surface area contributed by atoms with Gasteiger partial charge in [0.05, 0.1) is 25.4 Å². The van der Waals surface area contributed by atoms with E-state index in [0.29, 0.717) is 57.0 Å². The molecule has 0 unspecified atom stereocenters. The van der Waals surface area contributed by atoms with Crippen LogP contribution < -0.4 is 0 Å². The number of esters is 2. The van der Waals surface area contributed by atoms with Gasteiger partial charge in [-0.1, -0.05) is 33.6 Å². The lowest BCUT2D eigenvalue weighted by Crippen LogP contribution is -2.54. The largest absolute Gasteiger partial charge is 0.465 e. The number of benzene rings is 1. The number of carbonyl (C=O) groups is 3. The van der Waals surface area contributed by atoms with Crippen molar-refractivity contribution in [2.75, 3.05) is 45.3 Å². The number of nitrogens with zero attached hydrogens (tertiary/aromatic N) is 1. The predicted octanol–water partition coefficient (Wildman–Crippen LogP) is 5.18. The van der Waals surface area contributed by atoms with E-state index in [2.05, 4.69) is 11.5 Å². The number of rotatable bonds is 14. The molecule has 1 aliphatic heterocycles. The van der Waals surface area contributed by atoms with Crippen LogP contribution in [0.2, 0.25) is 0 Å². The van der Waals surface area contributed by atoms with Gasteiger partial charge in [0, 0.05) is 41.8 Å². The molecule has 0 atom stereocenters. The zero-order valence-electron chi connectivity index (χ0n) is 19.7. The molecular weight excluding hydrogens is 466 g/mol. The van der Waals surface area contributed by atoms with Crippen LogP contribution in [-0.4, -0.2) is 73.4 Å². The summed E-state index contributed by atoms with van der Waals surface area (Å²) in [5.41, 5.74) is 0.129. The van der Waals surface area contributed by atoms with Crippen molar-refractivity contribution in [3.8, 4) is 0 Å². The van der Waals surface area contributed by atoms with E-state index in [1.54, 1.807) is 11.8 Å². The van der Waals surface area contributed by atoms with Crippen LogP contribution in [0.5, 0.6) is 0 Å². The Bertz CT molecular complexity index is 787. The van der Waals surface area contributed by atoms with Gasteiger partial charge in [0.2, 0.25) is 0 Å². The quantitative estimate of drug-likeness (QED) is 0.112. The van der Waals surface area contributed by atoms with Crippen LogP contribution in [0, 0.1) is 0 Å². The number of thioether (sulfide) groups is 1. The third kappa shape index (κ3) is 11.4. The molecule has 35 heavy (non-hydrogen) atoms. The summed E-state index contributed by atoms with van der Waals surface area (Å²) in [5.74, 6) is 0.110. The van der Waals surface area contributed by atoms with Crippen LogP contribution in [0.4, 0.5) is 0 Å². The number of unbranched alkanes of at least 4 members (excludes halogenated alkanes) is 2. The SMILES string of the molecule is C.C.C=CC(=O)OCCCCCC(=O)OCCSc1ccc(C(=O)C(C)(C)N2CCOCC2)cc1. The van der Waals surface area contributed by atoms with Crippen molar-refractivity contribution >= 4 is 29.5 Å². The number of carbonyl (C=O) groups excluding carboxylic acids is 3. The summed E-state index contributed by atoms with van der Waals surface area (Å²) in [6.07, 6.45) is 3.70. The van der Waals surface area contributed by atoms with Gasteiger partial charge in [0.1, 0.15) is 6.61 Å². The van der Waals surface area contributed by atoms with Gasteiger partial charge in [-0.15, -0.1) is 11.8 Å². The highest BCUT2D eigenvalue weighted by molar-refractivity contribution is 7.99. The molecule has 1 aliphatic rings. The van der Waals surface area contributed by atoms with E-state index >= 15 is 0 Å². The van der Waals surface area contributed by atoms with Crippen molar-refractivity contribution in [3.05, 3.63) is 42.5 Å². The van der Waals surface area contributed by atoms with Gasteiger partial charge in [0.15, 0.2) is 5.78 Å². The second-order valence-corrected chi connectivity index (χ2v) is 9.43. The Morgan fingerprint density at radius 3 is 2.31 bits per heavy atom. The standard InChI is InChI=1S/C25H35NO6S.2CH4/c1-4-22(27)31-15-7-5-6-8-23(28)32-18-19-33-21-11-9-20(10-12-21)24(29)25(2,3)26-13-16-30-17-14-26;;/h4,9-12H,1,5-8,13-19H2,2-3H3;2*1H4. The minimum Gasteiger partial charge on any atom is -0.465 e. The summed E-state index contributed by atoms with van der Waals surface area (Å²) in [6, 6.07) is 7.61. The summed E-state index contributed by atoms with van der Waals surface area (Å²) in [4.78, 5) is 38.9. The van der Waals surface area contributed by atoms with Crippen LogP contribution in [0.1, 0.15) is 64.7 Å². The molecule has 8 heteroatoms. The Balaban J connectivity index is 0.00000578. The molecule has 0 aliphatic carbocycles. The van der Waals surface area contributed by atoms with Crippen molar-refractivity contribution in [3.63, 3.8) is 0 Å². The first-order valence-corrected chi connectivity index (χ1v) is 12.4. The van der Waals surface area contributed by atoms with Gasteiger partial charge < -0.3 is 14.2 Å². The maximum atomic E-state index is 13.0. The first kappa shape index (κ1) is 32.8. The molecular formula is C27H43NO6S. The molecule has 0 bridgehead atoms. The Hall–Kier alpha value is -2.16. The molecule has 0 radical (unpaired) electrons. The van der Waals surface area contributed by atoms with Crippen molar-refractivity contribution in [1.82, 2.24) is 4.90 Å². The van der Waals surface area contributed by atoms with Crippen LogP contribution in [0.3, 0.4) is 0 Å². The highest BCUT2D eigenvalue weighted by atomic mass is 32.2. The van der Waals surface area contributed by atoms with E-state index in [4.69, 9.17) is 14.2 Å². The molecule has 0 spiro atoms. The summed E-state index contributed by atoms with van der Waals surface area (Å²) < 4.78 is 15.6. The maximum Gasteiger partial charge on any atom is 0.330 e. The molecule has 0 amide bonds. The van der Waals surface area contributed by atoms with Gasteiger partial charge in [-0.2, -0.15) is 0 Å². The second-order valence-electron chi connectivity index (χ2n) is 8.26. The first-order chi connectivity index (χ1) is 15.8. The number of ether oxygens (including phenoxy) is 3. The van der Waals surface area contributed by atoms with Gasteiger partial charge >= 0.3 is 11.9 Å². The monoisotopic (exact) mass is 509 g/mol. The summed E-state index contributed by atoms with van der Waals surface area (Å²) in [5, 5.41) is 0. The highest BCUT2D eigenvalue weighted by Crippen LogP contribution is 2.24. The molecule has 2 rings (SSSR count). The van der Waals surface area contributed by atoms with Crippen LogP contribution in [0.25, 0.3) is 0 Å². The fourth-order valence-electron chi connectivity index (χ4n) is 3.49. The number of ketones is 1. The summed E-state index contributed by atoms with van der Waals surface area (Å²) >= 11 is 1.59. The molecule has 0 saturated carbocycles. The fraction of sp³-hybridized carbons (Fsp3) is 0.593. The van der Waals surface area contributed by atoms with E-state index in [1.807, 2.05) is 38.1 Å². The summed E-state index contributed by atoms with van der Waals surface area (Å²) in [6.45, 7) is 10.8. The lowest BCUT2D eigenvalue weighted by Gasteiger charge is -2.39. The van der Waals surface area contributed by atoms with Gasteiger partial charge in [-0.05, 0) is 45.2 Å². The lowest BCUT2D eigenvalue weighted by atomic mass is 9.91. The number of hydrogen-bond acceptors (Lipinski definition) is 8. The Kier molecular flexibility index (Phi) is 16.2. The van der Waals surface area contributed by atoms with Crippen LogP contribution >= 0.6 is 11.8 Å². The minimum atomic E-state index is -0.567. The molecule has 1 fully saturated rings. The predicted molar refractivity (Wildman–Crippen MR) is 142 cm³/mol.